The van der Waals surface area contributed by atoms with Crippen molar-refractivity contribution >= 4 is 17.7 Å². The minimum absolute atomic E-state index is 0.0848. The summed E-state index contributed by atoms with van der Waals surface area (Å²) in [5.41, 5.74) is 0. The highest BCUT2D eigenvalue weighted by Gasteiger charge is 2.10. The number of benzene rings is 1. The van der Waals surface area contributed by atoms with Gasteiger partial charge in [-0.25, -0.2) is 0 Å². The third-order valence-electron chi connectivity index (χ3n) is 2.51. The molecule has 0 aliphatic rings. The normalized spacial score (nSPS) is 12.1. The lowest BCUT2D eigenvalue weighted by Gasteiger charge is -2.13. The van der Waals surface area contributed by atoms with Gasteiger partial charge in [-0.3, -0.25) is 4.79 Å². The Kier molecular flexibility index (Phi) is 7.53. The van der Waals surface area contributed by atoms with Gasteiger partial charge in [-0.1, -0.05) is 25.1 Å². The molecule has 18 heavy (non-hydrogen) atoms. The summed E-state index contributed by atoms with van der Waals surface area (Å²) in [6.07, 6.45) is 0.975. The first kappa shape index (κ1) is 15.1. The Bertz CT molecular complexity index is 343. The lowest BCUT2D eigenvalue weighted by atomic mass is 10.3. The van der Waals surface area contributed by atoms with Gasteiger partial charge in [0.1, 0.15) is 0 Å². The molecule has 0 radical (unpaired) electrons. The van der Waals surface area contributed by atoms with Crippen molar-refractivity contribution in [2.75, 3.05) is 18.8 Å². The maximum absolute atomic E-state index is 11.6. The van der Waals surface area contributed by atoms with Crippen molar-refractivity contribution in [2.45, 2.75) is 31.2 Å². The summed E-state index contributed by atoms with van der Waals surface area (Å²) in [6.45, 7) is 5.54. The molecule has 0 aliphatic carbocycles. The standard InChI is InChI=1S/C14H22N2OS/c1-3-9-16-14(17)12(2)15-10-11-18-13-7-5-4-6-8-13/h4-8,12,15H,3,9-11H2,1-2H3,(H,16,17). The fourth-order valence-corrected chi connectivity index (χ4v) is 2.26. The minimum Gasteiger partial charge on any atom is -0.355 e. The fraction of sp³-hybridized carbons (Fsp3) is 0.500. The van der Waals surface area contributed by atoms with Gasteiger partial charge < -0.3 is 10.6 Å². The highest BCUT2D eigenvalue weighted by atomic mass is 32.2. The predicted octanol–water partition coefficient (Wildman–Crippen LogP) is 2.28. The van der Waals surface area contributed by atoms with Crippen LogP contribution in [0.5, 0.6) is 0 Å². The van der Waals surface area contributed by atoms with E-state index < -0.39 is 0 Å². The number of carbonyl (C=O) groups is 1. The number of carbonyl (C=O) groups excluding carboxylic acids is 1. The molecule has 100 valence electrons. The van der Waals surface area contributed by atoms with E-state index in [0.717, 1.165) is 25.3 Å². The van der Waals surface area contributed by atoms with Gasteiger partial charge in [-0.2, -0.15) is 0 Å². The van der Waals surface area contributed by atoms with Crippen molar-refractivity contribution < 1.29 is 4.79 Å². The van der Waals surface area contributed by atoms with Crippen LogP contribution >= 0.6 is 11.8 Å². The molecule has 0 saturated carbocycles. The molecule has 0 spiro atoms. The van der Waals surface area contributed by atoms with Gasteiger partial charge in [0.05, 0.1) is 6.04 Å². The van der Waals surface area contributed by atoms with E-state index in [9.17, 15) is 4.79 Å². The maximum Gasteiger partial charge on any atom is 0.236 e. The van der Waals surface area contributed by atoms with Crippen LogP contribution in [0.1, 0.15) is 20.3 Å². The summed E-state index contributed by atoms with van der Waals surface area (Å²) >= 11 is 1.80. The number of rotatable bonds is 8. The second-order valence-electron chi connectivity index (χ2n) is 4.13. The Labute approximate surface area is 114 Å². The molecule has 4 heteroatoms. The lowest BCUT2D eigenvalue weighted by molar-refractivity contribution is -0.122. The van der Waals surface area contributed by atoms with Crippen molar-refractivity contribution in [3.05, 3.63) is 30.3 Å². The molecule has 0 aliphatic heterocycles. The quantitative estimate of drug-likeness (QED) is 0.560. The third-order valence-corrected chi connectivity index (χ3v) is 3.52. The number of nitrogens with one attached hydrogen (secondary N) is 2. The van der Waals surface area contributed by atoms with Gasteiger partial charge in [0.25, 0.3) is 0 Å². The van der Waals surface area contributed by atoms with Crippen LogP contribution in [-0.4, -0.2) is 30.8 Å². The van der Waals surface area contributed by atoms with E-state index >= 15 is 0 Å². The van der Waals surface area contributed by atoms with Crippen molar-refractivity contribution in [1.82, 2.24) is 10.6 Å². The van der Waals surface area contributed by atoms with E-state index in [-0.39, 0.29) is 11.9 Å². The Hall–Kier alpha value is -1.00. The molecule has 1 aromatic rings. The molecule has 0 aromatic heterocycles. The van der Waals surface area contributed by atoms with E-state index in [2.05, 4.69) is 29.7 Å². The molecule has 1 aromatic carbocycles. The second kappa shape index (κ2) is 9.00. The van der Waals surface area contributed by atoms with Crippen LogP contribution in [0.25, 0.3) is 0 Å². The highest BCUT2D eigenvalue weighted by molar-refractivity contribution is 7.99. The summed E-state index contributed by atoms with van der Waals surface area (Å²) < 4.78 is 0. The average Bonchev–Trinajstić information content (AvgIpc) is 2.41. The van der Waals surface area contributed by atoms with Gasteiger partial charge in [0, 0.05) is 23.7 Å². The Morgan fingerprint density at radius 1 is 1.28 bits per heavy atom. The van der Waals surface area contributed by atoms with Crippen LogP contribution in [0.3, 0.4) is 0 Å². The summed E-state index contributed by atoms with van der Waals surface area (Å²) in [5, 5.41) is 6.11. The first-order valence-corrected chi connectivity index (χ1v) is 7.41. The van der Waals surface area contributed by atoms with Crippen LogP contribution in [0, 0.1) is 0 Å². The zero-order chi connectivity index (χ0) is 13.2. The van der Waals surface area contributed by atoms with E-state index in [1.807, 2.05) is 25.1 Å². The fourth-order valence-electron chi connectivity index (χ4n) is 1.46. The Balaban J connectivity index is 2.12. The van der Waals surface area contributed by atoms with Crippen LogP contribution < -0.4 is 10.6 Å². The Morgan fingerprint density at radius 2 is 2.00 bits per heavy atom. The Morgan fingerprint density at radius 3 is 2.67 bits per heavy atom. The molecule has 3 nitrogen and oxygen atoms in total. The first-order valence-electron chi connectivity index (χ1n) is 6.43. The number of amides is 1. The molecule has 1 unspecified atom stereocenters. The predicted molar refractivity (Wildman–Crippen MR) is 77.9 cm³/mol. The van der Waals surface area contributed by atoms with Crippen LogP contribution in [0.2, 0.25) is 0 Å². The summed E-state index contributed by atoms with van der Waals surface area (Å²) in [7, 11) is 0. The van der Waals surface area contributed by atoms with Crippen molar-refractivity contribution in [3.8, 4) is 0 Å². The molecule has 0 heterocycles. The smallest absolute Gasteiger partial charge is 0.236 e. The molecule has 0 bridgehead atoms. The number of hydrogen-bond acceptors (Lipinski definition) is 3. The molecule has 2 N–H and O–H groups in total. The molecule has 0 saturated heterocycles. The topological polar surface area (TPSA) is 41.1 Å². The van der Waals surface area contributed by atoms with E-state index in [1.54, 1.807) is 11.8 Å². The van der Waals surface area contributed by atoms with Gasteiger partial charge >= 0.3 is 0 Å². The van der Waals surface area contributed by atoms with Crippen molar-refractivity contribution in [3.63, 3.8) is 0 Å². The van der Waals surface area contributed by atoms with Gasteiger partial charge in [0.15, 0.2) is 0 Å². The largest absolute Gasteiger partial charge is 0.355 e. The van der Waals surface area contributed by atoms with Crippen LogP contribution in [-0.2, 0) is 4.79 Å². The molecule has 0 fully saturated rings. The zero-order valence-electron chi connectivity index (χ0n) is 11.1. The molecular formula is C14H22N2OS. The third kappa shape index (κ3) is 6.07. The lowest BCUT2D eigenvalue weighted by Crippen LogP contribution is -2.43. The number of hydrogen-bond donors (Lipinski definition) is 2. The summed E-state index contributed by atoms with van der Waals surface area (Å²) in [6, 6.07) is 10.2. The second-order valence-corrected chi connectivity index (χ2v) is 5.30. The van der Waals surface area contributed by atoms with Gasteiger partial charge in [-0.15, -0.1) is 11.8 Å². The van der Waals surface area contributed by atoms with Crippen LogP contribution in [0.15, 0.2) is 35.2 Å². The van der Waals surface area contributed by atoms with Gasteiger partial charge in [0.2, 0.25) is 5.91 Å². The van der Waals surface area contributed by atoms with Crippen molar-refractivity contribution in [2.24, 2.45) is 0 Å². The monoisotopic (exact) mass is 266 g/mol. The SMILES string of the molecule is CCCNC(=O)C(C)NCCSc1ccccc1. The van der Waals surface area contributed by atoms with E-state index in [1.165, 1.54) is 4.90 Å². The molecular weight excluding hydrogens is 244 g/mol. The molecule has 1 rings (SSSR count). The van der Waals surface area contributed by atoms with Crippen molar-refractivity contribution in [1.29, 1.82) is 0 Å². The summed E-state index contributed by atoms with van der Waals surface area (Å²) in [4.78, 5) is 12.9. The molecule has 1 amide bonds. The molecule has 1 atom stereocenters. The first-order chi connectivity index (χ1) is 8.74. The van der Waals surface area contributed by atoms with E-state index in [0.29, 0.717) is 0 Å². The zero-order valence-corrected chi connectivity index (χ0v) is 11.9. The minimum atomic E-state index is -0.118. The maximum atomic E-state index is 11.6. The average molecular weight is 266 g/mol. The van der Waals surface area contributed by atoms with Gasteiger partial charge in [-0.05, 0) is 25.5 Å². The summed E-state index contributed by atoms with van der Waals surface area (Å²) in [5.74, 6) is 1.05. The highest BCUT2D eigenvalue weighted by Crippen LogP contribution is 2.15. The van der Waals surface area contributed by atoms with Crippen LogP contribution in [0.4, 0.5) is 0 Å². The number of thioether (sulfide) groups is 1. The van der Waals surface area contributed by atoms with E-state index in [4.69, 9.17) is 0 Å².